The zero-order valence-electron chi connectivity index (χ0n) is 36.4. The van der Waals surface area contributed by atoms with Gasteiger partial charge < -0.3 is 13.7 Å². The Hall–Kier alpha value is -2.34. The maximum absolute atomic E-state index is 6.37. The lowest BCUT2D eigenvalue weighted by atomic mass is 10.1. The zero-order valence-corrected chi connectivity index (χ0v) is 47.4. The van der Waals surface area contributed by atoms with Crippen LogP contribution in [0.1, 0.15) is 92.7 Å². The second kappa shape index (κ2) is 20.3. The van der Waals surface area contributed by atoms with Gasteiger partial charge in [0.2, 0.25) is 0 Å². The van der Waals surface area contributed by atoms with Gasteiger partial charge in [-0.3, -0.25) is 0 Å². The highest BCUT2D eigenvalue weighted by atomic mass is 79.9. The summed E-state index contributed by atoms with van der Waals surface area (Å²) in [6.45, 7) is 9.61. The van der Waals surface area contributed by atoms with Crippen molar-refractivity contribution in [3.63, 3.8) is 0 Å². The maximum Gasteiger partial charge on any atom is 0.0498 e. The third-order valence-electron chi connectivity index (χ3n) is 12.8. The lowest BCUT2D eigenvalue weighted by Crippen LogP contribution is -1.98. The van der Waals surface area contributed by atoms with E-state index in [-0.39, 0.29) is 0 Å². The van der Waals surface area contributed by atoms with Gasteiger partial charge in [0.15, 0.2) is 0 Å². The van der Waals surface area contributed by atoms with Gasteiger partial charge in [-0.15, -0.1) is 23.2 Å². The molecule has 3 nitrogen and oxygen atoms in total. The molecule has 9 rings (SSSR count). The van der Waals surface area contributed by atoms with Crippen LogP contribution in [0.3, 0.4) is 0 Å². The van der Waals surface area contributed by atoms with E-state index in [1.165, 1.54) is 65.4 Å². The molecule has 0 radical (unpaired) electrons. The van der Waals surface area contributed by atoms with Crippen LogP contribution in [0.4, 0.5) is 0 Å². The van der Waals surface area contributed by atoms with E-state index < -0.39 is 0 Å². The van der Waals surface area contributed by atoms with Gasteiger partial charge in [-0.2, -0.15) is 0 Å². The number of rotatable bonds is 15. The molecule has 11 heteroatoms. The number of hydrogen-bond acceptors (Lipinski definition) is 0. The lowest BCUT2D eigenvalue weighted by Gasteiger charge is -2.10. The molecule has 0 bridgehead atoms. The highest BCUT2D eigenvalue weighted by molar-refractivity contribution is 9.11. The zero-order chi connectivity index (χ0) is 45.7. The van der Waals surface area contributed by atoms with Crippen LogP contribution in [0.15, 0.2) is 99.6 Å². The van der Waals surface area contributed by atoms with E-state index in [2.05, 4.69) is 227 Å². The molecule has 0 fully saturated rings. The van der Waals surface area contributed by atoms with E-state index in [0.717, 1.165) is 118 Å². The Labute approximate surface area is 441 Å². The molecule has 334 valence electrons. The standard InChI is InChI=1S/C54H47Br6Cl2N3/c1-4-7-14-63-49-17-31(10-12-33-19-51-39(25-45(33)57)41-27-47(59)35(29-61)21-53(41)64(51)15-8-5-2)43(55)23-37(49)38-24-44(56)32(18-50(38)63)11-13-34-20-52-40(26-46(34)58)42-28-48(60)36(30-62)22-54(42)65(52)16-9-6-3/h10-13,17-28H,4-9,14-16,29-30H2,1-3H3/b12-10-,13-11-. The number of unbranched alkanes of at least 4 members (excludes halogenated alkanes) is 3. The van der Waals surface area contributed by atoms with Gasteiger partial charge in [-0.25, -0.2) is 0 Å². The predicted molar refractivity (Wildman–Crippen MR) is 306 cm³/mol. The minimum Gasteiger partial charge on any atom is -0.340 e. The van der Waals surface area contributed by atoms with Crippen LogP contribution in [0.2, 0.25) is 0 Å². The van der Waals surface area contributed by atoms with Gasteiger partial charge in [-0.1, -0.05) is 160 Å². The summed E-state index contributed by atoms with van der Waals surface area (Å²) < 4.78 is 13.8. The number of fused-ring (bicyclic) bond motifs is 9. The fourth-order valence-electron chi connectivity index (χ4n) is 9.29. The summed E-state index contributed by atoms with van der Waals surface area (Å²) in [5, 5.41) is 7.41. The van der Waals surface area contributed by atoms with Gasteiger partial charge in [0.1, 0.15) is 0 Å². The van der Waals surface area contributed by atoms with Crippen molar-refractivity contribution in [2.24, 2.45) is 0 Å². The van der Waals surface area contributed by atoms with Gasteiger partial charge in [0, 0.05) is 124 Å². The molecule has 0 aliphatic carbocycles. The van der Waals surface area contributed by atoms with Crippen LogP contribution >= 0.6 is 119 Å². The number of aromatic nitrogens is 3. The Morgan fingerprint density at radius 2 is 0.585 bits per heavy atom. The molecule has 0 saturated carbocycles. The van der Waals surface area contributed by atoms with Crippen LogP contribution in [-0.2, 0) is 31.4 Å². The second-order valence-electron chi connectivity index (χ2n) is 16.9. The van der Waals surface area contributed by atoms with E-state index in [9.17, 15) is 0 Å². The fourth-order valence-corrected chi connectivity index (χ4v) is 12.9. The summed E-state index contributed by atoms with van der Waals surface area (Å²) in [4.78, 5) is 0. The normalized spacial score (nSPS) is 12.5. The topological polar surface area (TPSA) is 14.8 Å². The van der Waals surface area contributed by atoms with E-state index in [1.54, 1.807) is 0 Å². The summed E-state index contributed by atoms with van der Waals surface area (Å²) in [6, 6.07) is 27.5. The van der Waals surface area contributed by atoms with Crippen molar-refractivity contribution in [1.29, 1.82) is 0 Å². The molecule has 9 aromatic rings. The summed E-state index contributed by atoms with van der Waals surface area (Å²) in [5.74, 6) is 0.932. The van der Waals surface area contributed by atoms with Crippen molar-refractivity contribution < 1.29 is 0 Å². The molecule has 0 aliphatic heterocycles. The number of halogens is 8. The fraction of sp³-hybridized carbons (Fsp3) is 0.259. The highest BCUT2D eigenvalue weighted by Crippen LogP contribution is 2.41. The summed E-state index contributed by atoms with van der Waals surface area (Å²) in [7, 11) is 0. The first-order valence-electron chi connectivity index (χ1n) is 22.3. The molecule has 0 unspecified atom stereocenters. The molecule has 0 N–H and O–H groups in total. The summed E-state index contributed by atoms with van der Waals surface area (Å²) >= 11 is 36.2. The average Bonchev–Trinajstić information content (AvgIpc) is 3.85. The van der Waals surface area contributed by atoms with Crippen LogP contribution in [0.25, 0.3) is 89.7 Å². The van der Waals surface area contributed by atoms with Gasteiger partial charge in [0.25, 0.3) is 0 Å². The number of benzene rings is 6. The van der Waals surface area contributed by atoms with Crippen molar-refractivity contribution in [2.75, 3.05) is 0 Å². The minimum absolute atomic E-state index is 0.466. The third kappa shape index (κ3) is 9.06. The minimum atomic E-state index is 0.466. The lowest BCUT2D eigenvalue weighted by molar-refractivity contribution is 0.664. The molecule has 0 amide bonds. The smallest absolute Gasteiger partial charge is 0.0498 e. The van der Waals surface area contributed by atoms with Crippen LogP contribution in [-0.4, -0.2) is 13.7 Å². The second-order valence-corrected chi connectivity index (χ2v) is 22.6. The van der Waals surface area contributed by atoms with Crippen LogP contribution in [0.5, 0.6) is 0 Å². The quantitative estimate of drug-likeness (QED) is 0.0718. The maximum atomic E-state index is 6.37. The number of nitrogens with zero attached hydrogens (tertiary/aromatic N) is 3. The van der Waals surface area contributed by atoms with Gasteiger partial charge in [0.05, 0.1) is 0 Å². The van der Waals surface area contributed by atoms with Gasteiger partial charge >= 0.3 is 0 Å². The van der Waals surface area contributed by atoms with Crippen molar-refractivity contribution in [2.45, 2.75) is 90.7 Å². The molecular weight excluding hydrogens is 1240 g/mol. The Kier molecular flexibility index (Phi) is 14.9. The monoisotopic (exact) mass is 1280 g/mol. The molecule has 0 aliphatic rings. The van der Waals surface area contributed by atoms with Crippen molar-refractivity contribution in [3.8, 4) is 0 Å². The molecule has 0 atom stereocenters. The van der Waals surface area contributed by atoms with Crippen LogP contribution in [0, 0.1) is 0 Å². The Morgan fingerprint density at radius 3 is 0.815 bits per heavy atom. The van der Waals surface area contributed by atoms with E-state index in [4.69, 9.17) is 23.2 Å². The summed E-state index contributed by atoms with van der Waals surface area (Å²) in [5.41, 5.74) is 14.1. The highest BCUT2D eigenvalue weighted by Gasteiger charge is 2.19. The molecule has 3 aromatic heterocycles. The van der Waals surface area contributed by atoms with Crippen LogP contribution < -0.4 is 0 Å². The first kappa shape index (κ1) is 47.7. The molecular formula is C54H47Br6Cl2N3. The number of aryl methyl sites for hydroxylation is 3. The first-order chi connectivity index (χ1) is 31.5. The van der Waals surface area contributed by atoms with Crippen molar-refractivity contribution in [1.82, 2.24) is 13.7 Å². The Balaban J connectivity index is 1.11. The SMILES string of the molecule is CCCCn1c2cc(/C=C\c3cc4c(cc3Br)c3cc(Br)c(CCl)cc3n4CCCC)c(Br)cc2c2cc(Br)c(/C=C\c3cc4c(cc3Br)c3cc(Br)c(CCl)cc3n4CCCC)cc21. The molecule has 0 saturated heterocycles. The van der Waals surface area contributed by atoms with E-state index in [1.807, 2.05) is 0 Å². The number of alkyl halides is 2. The largest absolute Gasteiger partial charge is 0.340 e. The molecule has 0 spiro atoms. The third-order valence-corrected chi connectivity index (χ3v) is 17.6. The van der Waals surface area contributed by atoms with E-state index in [0.29, 0.717) is 11.8 Å². The van der Waals surface area contributed by atoms with E-state index >= 15 is 0 Å². The van der Waals surface area contributed by atoms with Gasteiger partial charge in [-0.05, 0) is 125 Å². The Bertz CT molecular complexity index is 3170. The van der Waals surface area contributed by atoms with Crippen molar-refractivity contribution >= 4 is 209 Å². The molecule has 3 heterocycles. The van der Waals surface area contributed by atoms with Crippen molar-refractivity contribution in [3.05, 3.63) is 133 Å². The summed E-state index contributed by atoms with van der Waals surface area (Å²) in [6.07, 6.45) is 15.6. The average molecular weight is 1290 g/mol. The predicted octanol–water partition coefficient (Wildman–Crippen LogP) is 20.8. The first-order valence-corrected chi connectivity index (χ1v) is 28.1. The molecule has 6 aromatic carbocycles. The number of hydrogen-bond donors (Lipinski definition) is 0. The molecule has 65 heavy (non-hydrogen) atoms. The Morgan fingerprint density at radius 1 is 0.354 bits per heavy atom.